The van der Waals surface area contributed by atoms with Gasteiger partial charge in [0.2, 0.25) is 0 Å². The Morgan fingerprint density at radius 2 is 1.74 bits per heavy atom. The first-order valence-corrected chi connectivity index (χ1v) is 6.38. The van der Waals surface area contributed by atoms with Gasteiger partial charge in [-0.15, -0.1) is 0 Å². The van der Waals surface area contributed by atoms with Gasteiger partial charge < -0.3 is 14.2 Å². The van der Waals surface area contributed by atoms with Crippen molar-refractivity contribution in [3.8, 4) is 11.8 Å². The Kier molecular flexibility index (Phi) is 3.79. The molecule has 0 heterocycles. The summed E-state index contributed by atoms with van der Waals surface area (Å²) >= 11 is 0. The lowest BCUT2D eigenvalue weighted by Crippen LogP contribution is -2.56. The second-order valence-corrected chi connectivity index (χ2v) is 4.82. The van der Waals surface area contributed by atoms with Crippen molar-refractivity contribution < 1.29 is 14.2 Å². The predicted molar refractivity (Wildman–Crippen MR) is 70.9 cm³/mol. The van der Waals surface area contributed by atoms with Crippen molar-refractivity contribution in [1.29, 1.82) is 5.26 Å². The van der Waals surface area contributed by atoms with E-state index >= 15 is 0 Å². The summed E-state index contributed by atoms with van der Waals surface area (Å²) < 4.78 is 16.1. The van der Waals surface area contributed by atoms with Crippen molar-refractivity contribution in [1.82, 2.24) is 0 Å². The normalized spacial score (nSPS) is 19.3. The summed E-state index contributed by atoms with van der Waals surface area (Å²) in [6, 6.07) is 10.1. The Hall–Kier alpha value is -1.57. The largest absolute Gasteiger partial charge is 0.494 e. The third-order valence-corrected chi connectivity index (χ3v) is 3.82. The predicted octanol–water partition coefficient (Wildman–Crippen LogP) is 2.63. The Labute approximate surface area is 113 Å². The van der Waals surface area contributed by atoms with Crippen LogP contribution in [0.1, 0.15) is 25.3 Å². The van der Waals surface area contributed by atoms with Crippen molar-refractivity contribution in [2.24, 2.45) is 0 Å². The molecule has 0 radical (unpaired) electrons. The van der Waals surface area contributed by atoms with Crippen LogP contribution in [0, 0.1) is 11.3 Å². The molecule has 1 aromatic rings. The van der Waals surface area contributed by atoms with Gasteiger partial charge in [0, 0.05) is 27.1 Å². The van der Waals surface area contributed by atoms with E-state index in [4.69, 9.17) is 14.2 Å². The second kappa shape index (κ2) is 5.20. The van der Waals surface area contributed by atoms with E-state index in [0.717, 1.165) is 11.3 Å². The van der Waals surface area contributed by atoms with Crippen molar-refractivity contribution in [2.45, 2.75) is 31.0 Å². The van der Waals surface area contributed by atoms with Crippen LogP contribution in [0.2, 0.25) is 0 Å². The Bertz CT molecular complexity index is 463. The monoisotopic (exact) mass is 261 g/mol. The summed E-state index contributed by atoms with van der Waals surface area (Å²) in [5.74, 6) is 0.206. The van der Waals surface area contributed by atoms with Crippen molar-refractivity contribution in [3.05, 3.63) is 29.8 Å². The minimum Gasteiger partial charge on any atom is -0.494 e. The van der Waals surface area contributed by atoms with Gasteiger partial charge in [-0.1, -0.05) is 12.1 Å². The topological polar surface area (TPSA) is 51.5 Å². The Balaban J connectivity index is 2.18. The van der Waals surface area contributed by atoms with Crippen LogP contribution in [0.5, 0.6) is 5.75 Å². The molecule has 0 unspecified atom stereocenters. The molecular formula is C15H19NO3. The van der Waals surface area contributed by atoms with E-state index in [9.17, 15) is 5.26 Å². The van der Waals surface area contributed by atoms with Gasteiger partial charge in [0.05, 0.1) is 18.1 Å². The van der Waals surface area contributed by atoms with E-state index in [2.05, 4.69) is 6.07 Å². The fraction of sp³-hybridized carbons (Fsp3) is 0.533. The highest BCUT2D eigenvalue weighted by Crippen LogP contribution is 2.52. The number of ether oxygens (including phenoxy) is 3. The van der Waals surface area contributed by atoms with Gasteiger partial charge in [-0.3, -0.25) is 0 Å². The van der Waals surface area contributed by atoms with Crippen LogP contribution in [0.3, 0.4) is 0 Å². The van der Waals surface area contributed by atoms with Gasteiger partial charge in [-0.25, -0.2) is 0 Å². The molecule has 102 valence electrons. The number of rotatable bonds is 5. The summed E-state index contributed by atoms with van der Waals surface area (Å²) in [6.45, 7) is 2.58. The number of benzene rings is 1. The molecule has 1 aliphatic rings. The molecule has 1 fully saturated rings. The molecule has 0 spiro atoms. The first-order valence-electron chi connectivity index (χ1n) is 6.38. The Morgan fingerprint density at radius 1 is 1.16 bits per heavy atom. The van der Waals surface area contributed by atoms with Gasteiger partial charge in [-0.2, -0.15) is 5.26 Å². The molecule has 0 aromatic heterocycles. The molecule has 0 amide bonds. The quantitative estimate of drug-likeness (QED) is 0.765. The van der Waals surface area contributed by atoms with Gasteiger partial charge in [0.25, 0.3) is 0 Å². The van der Waals surface area contributed by atoms with Crippen molar-refractivity contribution in [3.63, 3.8) is 0 Å². The second-order valence-electron chi connectivity index (χ2n) is 4.82. The zero-order chi connectivity index (χ0) is 13.9. The average molecular weight is 261 g/mol. The maximum atomic E-state index is 9.49. The third-order valence-electron chi connectivity index (χ3n) is 3.82. The first-order chi connectivity index (χ1) is 9.13. The van der Waals surface area contributed by atoms with E-state index in [1.807, 2.05) is 31.2 Å². The fourth-order valence-corrected chi connectivity index (χ4v) is 2.62. The van der Waals surface area contributed by atoms with Gasteiger partial charge >= 0.3 is 0 Å². The van der Waals surface area contributed by atoms with E-state index in [1.165, 1.54) is 0 Å². The van der Waals surface area contributed by atoms with Crippen LogP contribution in [0.25, 0.3) is 0 Å². The minimum atomic E-state index is -0.617. The summed E-state index contributed by atoms with van der Waals surface area (Å²) in [6.07, 6.45) is 1.11. The molecule has 0 aliphatic heterocycles. The van der Waals surface area contributed by atoms with Crippen LogP contribution >= 0.6 is 0 Å². The summed E-state index contributed by atoms with van der Waals surface area (Å²) in [4.78, 5) is 0. The van der Waals surface area contributed by atoms with E-state index in [0.29, 0.717) is 19.4 Å². The summed E-state index contributed by atoms with van der Waals surface area (Å²) in [7, 11) is 3.23. The van der Waals surface area contributed by atoms with Crippen LogP contribution < -0.4 is 4.74 Å². The SMILES string of the molecule is CCOc1ccc(C2(C#N)CC(OC)(OC)C2)cc1. The lowest BCUT2D eigenvalue weighted by molar-refractivity contribution is -0.269. The molecule has 2 rings (SSSR count). The molecule has 0 N–H and O–H groups in total. The lowest BCUT2D eigenvalue weighted by atomic mass is 9.61. The number of hydrogen-bond acceptors (Lipinski definition) is 4. The fourth-order valence-electron chi connectivity index (χ4n) is 2.62. The third kappa shape index (κ3) is 2.32. The van der Waals surface area contributed by atoms with Crippen LogP contribution in [-0.2, 0) is 14.9 Å². The summed E-state index contributed by atoms with van der Waals surface area (Å²) in [5.41, 5.74) is 0.472. The smallest absolute Gasteiger partial charge is 0.171 e. The van der Waals surface area contributed by atoms with Gasteiger partial charge in [0.1, 0.15) is 5.75 Å². The molecule has 0 bridgehead atoms. The number of hydrogen-bond donors (Lipinski definition) is 0. The van der Waals surface area contributed by atoms with Crippen LogP contribution in [0.4, 0.5) is 0 Å². The van der Waals surface area contributed by atoms with E-state index in [1.54, 1.807) is 14.2 Å². The van der Waals surface area contributed by atoms with Crippen molar-refractivity contribution >= 4 is 0 Å². The average Bonchev–Trinajstić information content (AvgIpc) is 2.41. The first kappa shape index (κ1) is 13.9. The zero-order valence-electron chi connectivity index (χ0n) is 11.6. The molecule has 19 heavy (non-hydrogen) atoms. The molecule has 1 aromatic carbocycles. The Morgan fingerprint density at radius 3 is 2.16 bits per heavy atom. The number of nitriles is 1. The molecule has 0 saturated heterocycles. The van der Waals surface area contributed by atoms with Crippen LogP contribution in [-0.4, -0.2) is 26.6 Å². The standard InChI is InChI=1S/C15H19NO3/c1-4-19-13-7-5-12(6-8-13)14(11-16)9-15(10-14,17-2)18-3/h5-8H,4,9-10H2,1-3H3. The van der Waals surface area contributed by atoms with Gasteiger partial charge in [0.15, 0.2) is 5.79 Å². The van der Waals surface area contributed by atoms with Crippen LogP contribution in [0.15, 0.2) is 24.3 Å². The molecule has 4 heteroatoms. The number of methoxy groups -OCH3 is 2. The highest BCUT2D eigenvalue weighted by molar-refractivity contribution is 5.40. The number of nitrogens with zero attached hydrogens (tertiary/aromatic N) is 1. The summed E-state index contributed by atoms with van der Waals surface area (Å²) in [5, 5.41) is 9.49. The molecular weight excluding hydrogens is 242 g/mol. The van der Waals surface area contributed by atoms with E-state index in [-0.39, 0.29) is 0 Å². The van der Waals surface area contributed by atoms with E-state index < -0.39 is 11.2 Å². The molecule has 1 saturated carbocycles. The maximum Gasteiger partial charge on any atom is 0.171 e. The molecule has 1 aliphatic carbocycles. The molecule has 0 atom stereocenters. The molecule has 4 nitrogen and oxygen atoms in total. The maximum absolute atomic E-state index is 9.49. The zero-order valence-corrected chi connectivity index (χ0v) is 11.6. The van der Waals surface area contributed by atoms with Gasteiger partial charge in [-0.05, 0) is 24.6 Å². The van der Waals surface area contributed by atoms with Crippen molar-refractivity contribution in [2.75, 3.05) is 20.8 Å². The highest BCUT2D eigenvalue weighted by atomic mass is 16.7. The highest BCUT2D eigenvalue weighted by Gasteiger charge is 2.57. The lowest BCUT2D eigenvalue weighted by Gasteiger charge is -2.50. The minimum absolute atomic E-state index is 0.517.